The average molecular weight is 417 g/mol. The van der Waals surface area contributed by atoms with E-state index in [1.54, 1.807) is 37.4 Å². The Morgan fingerprint density at radius 2 is 2.03 bits per heavy atom. The normalized spacial score (nSPS) is 14.9. The van der Waals surface area contributed by atoms with Crippen molar-refractivity contribution in [3.63, 3.8) is 0 Å². The van der Waals surface area contributed by atoms with Gasteiger partial charge in [0.25, 0.3) is 5.91 Å². The van der Waals surface area contributed by atoms with Crippen molar-refractivity contribution < 1.29 is 22.7 Å². The fourth-order valence-electron chi connectivity index (χ4n) is 3.14. The van der Waals surface area contributed by atoms with Gasteiger partial charge in [-0.25, -0.2) is 9.97 Å². The van der Waals surface area contributed by atoms with E-state index in [0.29, 0.717) is 17.2 Å². The lowest BCUT2D eigenvalue weighted by atomic mass is 10.1. The van der Waals surface area contributed by atoms with Crippen molar-refractivity contribution in [3.05, 3.63) is 65.9 Å². The van der Waals surface area contributed by atoms with Crippen molar-refractivity contribution in [2.24, 2.45) is 0 Å². The van der Waals surface area contributed by atoms with E-state index in [1.165, 1.54) is 17.1 Å². The summed E-state index contributed by atoms with van der Waals surface area (Å²) in [5.41, 5.74) is 0.751. The van der Waals surface area contributed by atoms with Crippen LogP contribution in [0.3, 0.4) is 0 Å². The minimum Gasteiger partial charge on any atom is -0.406 e. The molecule has 2 heterocycles. The van der Waals surface area contributed by atoms with Crippen LogP contribution in [-0.2, 0) is 0 Å². The van der Waals surface area contributed by atoms with Crippen molar-refractivity contribution in [1.29, 1.82) is 0 Å². The second kappa shape index (κ2) is 7.77. The van der Waals surface area contributed by atoms with E-state index in [2.05, 4.69) is 25.1 Å². The van der Waals surface area contributed by atoms with Gasteiger partial charge in [0, 0.05) is 11.8 Å². The molecule has 1 N–H and O–H groups in total. The first-order valence-corrected chi connectivity index (χ1v) is 9.33. The van der Waals surface area contributed by atoms with Crippen LogP contribution >= 0.6 is 0 Å². The predicted octanol–water partition coefficient (Wildman–Crippen LogP) is 3.93. The monoisotopic (exact) mass is 417 g/mol. The summed E-state index contributed by atoms with van der Waals surface area (Å²) in [6.07, 6.45) is -0.131. The summed E-state index contributed by atoms with van der Waals surface area (Å²) >= 11 is 0. The van der Waals surface area contributed by atoms with E-state index >= 15 is 0 Å². The maximum absolute atomic E-state index is 12.8. The number of nitrogens with zero attached hydrogens (tertiary/aromatic N) is 4. The molecule has 156 valence electrons. The molecule has 30 heavy (non-hydrogen) atoms. The number of ether oxygens (including phenoxy) is 1. The largest absolute Gasteiger partial charge is 0.573 e. The van der Waals surface area contributed by atoms with E-state index in [-0.39, 0.29) is 11.5 Å². The number of carbonyl (C=O) groups excluding carboxylic acids is 1. The highest BCUT2D eigenvalue weighted by molar-refractivity contribution is 5.95. The van der Waals surface area contributed by atoms with Gasteiger partial charge in [-0.05, 0) is 61.6 Å². The van der Waals surface area contributed by atoms with Gasteiger partial charge in [0.05, 0.1) is 6.04 Å². The Balaban J connectivity index is 1.56. The van der Waals surface area contributed by atoms with Gasteiger partial charge in [0.1, 0.15) is 12.1 Å². The van der Waals surface area contributed by atoms with Crippen LogP contribution in [0, 0.1) is 0 Å². The standard InChI is InChI=1S/C20H18F3N5O2/c1-12(18-25-11-26-28(18)17-4-2-3-7-24-17)27-19(29)15-8-14(13-5-6-13)9-16(10-15)30-20(21,22)23/h2-4,7-13H,5-6H2,1H3,(H,27,29)/t12-/m0/s1. The van der Waals surface area contributed by atoms with Gasteiger partial charge in [-0.15, -0.1) is 13.2 Å². The minimum atomic E-state index is -4.83. The van der Waals surface area contributed by atoms with Gasteiger partial charge in [0.15, 0.2) is 11.6 Å². The lowest BCUT2D eigenvalue weighted by Crippen LogP contribution is -2.29. The molecule has 0 radical (unpaired) electrons. The number of amides is 1. The molecule has 10 heteroatoms. The number of benzene rings is 1. The first kappa shape index (κ1) is 19.9. The number of nitrogens with one attached hydrogen (secondary N) is 1. The SMILES string of the molecule is C[C@H](NC(=O)c1cc(OC(F)(F)F)cc(C2CC2)c1)c1ncnn1-c1ccccn1. The van der Waals surface area contributed by atoms with Crippen molar-refractivity contribution in [3.8, 4) is 11.6 Å². The Morgan fingerprint density at radius 1 is 1.23 bits per heavy atom. The fourth-order valence-corrected chi connectivity index (χ4v) is 3.14. The molecule has 1 atom stereocenters. The number of hydrogen-bond acceptors (Lipinski definition) is 5. The van der Waals surface area contributed by atoms with Crippen molar-refractivity contribution in [2.75, 3.05) is 0 Å². The number of alkyl halides is 3. The molecule has 7 nitrogen and oxygen atoms in total. The third-order valence-corrected chi connectivity index (χ3v) is 4.65. The van der Waals surface area contributed by atoms with Crippen LogP contribution in [0.4, 0.5) is 13.2 Å². The zero-order chi connectivity index (χ0) is 21.3. The van der Waals surface area contributed by atoms with Crippen molar-refractivity contribution in [1.82, 2.24) is 25.1 Å². The van der Waals surface area contributed by atoms with Crippen LogP contribution in [0.5, 0.6) is 5.75 Å². The van der Waals surface area contributed by atoms with E-state index in [0.717, 1.165) is 18.9 Å². The molecule has 0 unspecified atom stereocenters. The molecule has 1 aliphatic rings. The molecule has 0 bridgehead atoms. The van der Waals surface area contributed by atoms with Crippen LogP contribution in [0.2, 0.25) is 0 Å². The van der Waals surface area contributed by atoms with Crippen molar-refractivity contribution in [2.45, 2.75) is 38.1 Å². The fraction of sp³-hybridized carbons (Fsp3) is 0.300. The Kier molecular flexibility index (Phi) is 5.15. The summed E-state index contributed by atoms with van der Waals surface area (Å²) in [4.78, 5) is 21.2. The molecule has 0 saturated heterocycles. The van der Waals surface area contributed by atoms with Gasteiger partial charge < -0.3 is 10.1 Å². The molecule has 1 aromatic carbocycles. The summed E-state index contributed by atoms with van der Waals surface area (Å²) in [5.74, 6) is 0.182. The number of hydrogen-bond donors (Lipinski definition) is 1. The van der Waals surface area contributed by atoms with Gasteiger partial charge in [-0.2, -0.15) is 9.78 Å². The molecule has 3 aromatic rings. The van der Waals surface area contributed by atoms with Crippen LogP contribution in [0.15, 0.2) is 48.9 Å². The Bertz CT molecular complexity index is 1050. The molecule has 1 aliphatic carbocycles. The Morgan fingerprint density at radius 3 is 2.70 bits per heavy atom. The van der Waals surface area contributed by atoms with E-state index in [4.69, 9.17) is 0 Å². The summed E-state index contributed by atoms with van der Waals surface area (Å²) in [6, 6.07) is 8.76. The van der Waals surface area contributed by atoms with Gasteiger partial charge >= 0.3 is 6.36 Å². The molecule has 1 saturated carbocycles. The first-order chi connectivity index (χ1) is 14.3. The van der Waals surface area contributed by atoms with Crippen LogP contribution in [0.1, 0.15) is 53.5 Å². The maximum atomic E-state index is 12.8. The zero-order valence-electron chi connectivity index (χ0n) is 15.9. The van der Waals surface area contributed by atoms with E-state index in [1.807, 2.05) is 0 Å². The second-order valence-electron chi connectivity index (χ2n) is 7.03. The quantitative estimate of drug-likeness (QED) is 0.657. The summed E-state index contributed by atoms with van der Waals surface area (Å²) in [7, 11) is 0. The number of halogens is 3. The topological polar surface area (TPSA) is 81.9 Å². The third kappa shape index (κ3) is 4.58. The summed E-state index contributed by atoms with van der Waals surface area (Å²) < 4.78 is 43.6. The average Bonchev–Trinajstić information content (AvgIpc) is 3.43. The minimum absolute atomic E-state index is 0.0920. The molecular weight excluding hydrogens is 399 g/mol. The Labute approximate surface area is 169 Å². The van der Waals surface area contributed by atoms with Crippen LogP contribution in [0.25, 0.3) is 5.82 Å². The summed E-state index contributed by atoms with van der Waals surface area (Å²) in [5, 5.41) is 6.89. The molecule has 0 aliphatic heterocycles. The third-order valence-electron chi connectivity index (χ3n) is 4.65. The number of carbonyl (C=O) groups is 1. The lowest BCUT2D eigenvalue weighted by Gasteiger charge is -2.16. The molecule has 0 spiro atoms. The predicted molar refractivity (Wildman–Crippen MR) is 100 cm³/mol. The van der Waals surface area contributed by atoms with Crippen LogP contribution < -0.4 is 10.1 Å². The molecular formula is C20H18F3N5O2. The Hall–Kier alpha value is -3.43. The highest BCUT2D eigenvalue weighted by atomic mass is 19.4. The smallest absolute Gasteiger partial charge is 0.406 e. The molecule has 4 rings (SSSR count). The number of pyridine rings is 1. The second-order valence-corrected chi connectivity index (χ2v) is 7.03. The number of aromatic nitrogens is 4. The van der Waals surface area contributed by atoms with Crippen molar-refractivity contribution >= 4 is 5.91 Å². The highest BCUT2D eigenvalue weighted by Crippen LogP contribution is 2.42. The van der Waals surface area contributed by atoms with E-state index in [9.17, 15) is 18.0 Å². The molecule has 1 amide bonds. The van der Waals surface area contributed by atoms with Crippen LogP contribution in [-0.4, -0.2) is 32.0 Å². The molecule has 2 aromatic heterocycles. The van der Waals surface area contributed by atoms with Gasteiger partial charge in [-0.3, -0.25) is 4.79 Å². The maximum Gasteiger partial charge on any atom is 0.573 e. The highest BCUT2D eigenvalue weighted by Gasteiger charge is 2.33. The zero-order valence-corrected chi connectivity index (χ0v) is 15.9. The molecule has 1 fully saturated rings. The lowest BCUT2D eigenvalue weighted by molar-refractivity contribution is -0.274. The summed E-state index contributed by atoms with van der Waals surface area (Å²) in [6.45, 7) is 1.71. The first-order valence-electron chi connectivity index (χ1n) is 9.33. The van der Waals surface area contributed by atoms with Gasteiger partial charge in [0.2, 0.25) is 0 Å². The van der Waals surface area contributed by atoms with Gasteiger partial charge in [-0.1, -0.05) is 6.07 Å². The number of rotatable bonds is 6. The van der Waals surface area contributed by atoms with E-state index < -0.39 is 24.1 Å².